The summed E-state index contributed by atoms with van der Waals surface area (Å²) in [6.07, 6.45) is 9.71. The Morgan fingerprint density at radius 2 is 0.782 bits per heavy atom. The lowest BCUT2D eigenvalue weighted by atomic mass is 10.0. The molecule has 0 radical (unpaired) electrons. The zero-order valence-corrected chi connectivity index (χ0v) is 31.2. The molecule has 8 bridgehead atoms. The second kappa shape index (κ2) is 13.1. The van der Waals surface area contributed by atoms with Gasteiger partial charge in [-0.25, -0.2) is 14.8 Å². The van der Waals surface area contributed by atoms with Gasteiger partial charge in [0.05, 0.1) is 28.3 Å². The maximum absolute atomic E-state index is 14.0. The Labute approximate surface area is 317 Å². The summed E-state index contributed by atoms with van der Waals surface area (Å²) in [5, 5.41) is 0. The lowest BCUT2D eigenvalue weighted by Gasteiger charge is -2.09. The molecule has 0 unspecified atom stereocenters. The summed E-state index contributed by atoms with van der Waals surface area (Å²) in [5.74, 6) is 0. The van der Waals surface area contributed by atoms with Crippen molar-refractivity contribution >= 4 is 46.4 Å². The van der Waals surface area contributed by atoms with Gasteiger partial charge in [-0.05, 0) is 86.0 Å². The molecule has 0 fully saturated rings. The normalized spacial score (nSPS) is 12.1. The van der Waals surface area contributed by atoms with Crippen molar-refractivity contribution in [1.82, 2.24) is 29.1 Å². The van der Waals surface area contributed by atoms with Gasteiger partial charge in [0.2, 0.25) is 0 Å². The molecule has 8 nitrogen and oxygen atoms in total. The lowest BCUT2D eigenvalue weighted by molar-refractivity contribution is 0.688. The summed E-state index contributed by atoms with van der Waals surface area (Å²) in [7, 11) is 3.16. The molecule has 0 amide bonds. The van der Waals surface area contributed by atoms with E-state index in [-0.39, 0.29) is 0 Å². The lowest BCUT2D eigenvalue weighted by Crippen LogP contribution is -2.37. The smallest absolute Gasteiger partial charge is 0.330 e. The van der Waals surface area contributed by atoms with Gasteiger partial charge in [0, 0.05) is 64.6 Å². The fraction of sp³-hybridized carbons (Fsp3) is 0.106. The van der Waals surface area contributed by atoms with Crippen molar-refractivity contribution in [2.24, 2.45) is 14.1 Å². The predicted molar refractivity (Wildman–Crippen MR) is 225 cm³/mol. The molecular weight excluding hydrogens is 681 g/mol. The first-order valence-corrected chi connectivity index (χ1v) is 18.3. The van der Waals surface area contributed by atoms with E-state index in [4.69, 9.17) is 9.97 Å². The van der Waals surface area contributed by atoms with E-state index in [1.165, 1.54) is 17.2 Å². The first-order chi connectivity index (χ1) is 26.6. The largest absolute Gasteiger partial charge is 0.354 e. The monoisotopic (exact) mass is 718 g/mol. The number of hydrogen-bond donors (Lipinski definition) is 2. The number of benzene rings is 3. The van der Waals surface area contributed by atoms with Crippen LogP contribution in [0.3, 0.4) is 0 Å². The van der Waals surface area contributed by atoms with Crippen molar-refractivity contribution in [3.63, 3.8) is 0 Å². The maximum Gasteiger partial charge on any atom is 0.330 e. The Morgan fingerprint density at radius 3 is 1.15 bits per heavy atom. The summed E-state index contributed by atoms with van der Waals surface area (Å²) < 4.78 is 2.57. The third-order valence-electron chi connectivity index (χ3n) is 10.5. The molecule has 2 N–H and O–H groups in total. The van der Waals surface area contributed by atoms with Crippen LogP contribution in [0.4, 0.5) is 0 Å². The molecule has 0 spiro atoms. The second-order valence-electron chi connectivity index (χ2n) is 14.4. The van der Waals surface area contributed by atoms with E-state index in [1.807, 2.05) is 24.3 Å². The zero-order chi connectivity index (χ0) is 38.0. The molecule has 0 saturated carbocycles. The van der Waals surface area contributed by atoms with E-state index in [9.17, 15) is 9.59 Å². The molecule has 8 heteroatoms. The Kier molecular flexibility index (Phi) is 8.04. The first kappa shape index (κ1) is 33.8. The minimum absolute atomic E-state index is 0.353. The van der Waals surface area contributed by atoms with Crippen LogP contribution < -0.4 is 11.2 Å². The van der Waals surface area contributed by atoms with Crippen molar-refractivity contribution in [2.75, 3.05) is 0 Å². The number of fused-ring (bicyclic) bond motifs is 8. The summed E-state index contributed by atoms with van der Waals surface area (Å²) in [6.45, 7) is 6.24. The third-order valence-corrected chi connectivity index (χ3v) is 10.5. The van der Waals surface area contributed by atoms with Gasteiger partial charge in [0.15, 0.2) is 0 Å². The number of aromatic nitrogens is 6. The standard InChI is InChI=1S/C47H38N6O2/c1-27-6-12-30(13-7-27)42-34-18-20-36(48-34)43(31-14-8-28(2)9-15-31)38-22-24-40(50-38)45(33-26-52(4)47(55)53(5)46(33)54)41-25-23-39(51-41)44(37-21-19-35(42)49-37)32-16-10-29(3)11-17-32/h6-26,48,51H,1-5H3. The molecule has 3 aromatic carbocycles. The van der Waals surface area contributed by atoms with Crippen molar-refractivity contribution in [3.05, 3.63) is 164 Å². The van der Waals surface area contributed by atoms with Gasteiger partial charge in [0.25, 0.3) is 5.56 Å². The fourth-order valence-electron chi connectivity index (χ4n) is 7.54. The molecule has 0 saturated heterocycles. The summed E-state index contributed by atoms with van der Waals surface area (Å²) in [5.41, 5.74) is 15.8. The van der Waals surface area contributed by atoms with Crippen molar-refractivity contribution in [1.29, 1.82) is 0 Å². The van der Waals surface area contributed by atoms with Crippen LogP contribution in [-0.4, -0.2) is 29.1 Å². The Bertz CT molecular complexity index is 3000. The van der Waals surface area contributed by atoms with Crippen LogP contribution in [0.25, 0.3) is 90.9 Å². The summed E-state index contributed by atoms with van der Waals surface area (Å²) >= 11 is 0. The van der Waals surface area contributed by atoms with Crippen LogP contribution in [0.2, 0.25) is 0 Å². The number of aromatic amines is 2. The number of H-pyrrole nitrogens is 2. The van der Waals surface area contributed by atoms with Gasteiger partial charge >= 0.3 is 5.69 Å². The number of hydrogen-bond acceptors (Lipinski definition) is 4. The Balaban J connectivity index is 1.50. The highest BCUT2D eigenvalue weighted by molar-refractivity contribution is 5.99. The summed E-state index contributed by atoms with van der Waals surface area (Å²) in [4.78, 5) is 44.9. The first-order valence-electron chi connectivity index (χ1n) is 18.3. The van der Waals surface area contributed by atoms with Gasteiger partial charge in [-0.2, -0.15) is 0 Å². The molecule has 268 valence electrons. The number of rotatable bonds is 4. The maximum atomic E-state index is 14.0. The van der Waals surface area contributed by atoms with E-state index in [2.05, 4.69) is 128 Å². The molecule has 55 heavy (non-hydrogen) atoms. The molecule has 4 aromatic heterocycles. The highest BCUT2D eigenvalue weighted by Gasteiger charge is 2.21. The average Bonchev–Trinajstić information content (AvgIpc) is 4.03. The van der Waals surface area contributed by atoms with Crippen LogP contribution in [0.15, 0.2) is 113 Å². The van der Waals surface area contributed by atoms with Gasteiger partial charge in [-0.15, -0.1) is 0 Å². The van der Waals surface area contributed by atoms with Crippen LogP contribution in [-0.2, 0) is 14.1 Å². The van der Waals surface area contributed by atoms with E-state index >= 15 is 0 Å². The number of nitrogens with zero attached hydrogens (tertiary/aromatic N) is 4. The molecule has 0 aliphatic carbocycles. The molecule has 2 aliphatic rings. The zero-order valence-electron chi connectivity index (χ0n) is 31.2. The predicted octanol–water partition coefficient (Wildman–Crippen LogP) is 9.65. The average molecular weight is 719 g/mol. The molecule has 0 atom stereocenters. The Morgan fingerprint density at radius 1 is 0.455 bits per heavy atom. The quantitative estimate of drug-likeness (QED) is 0.189. The van der Waals surface area contributed by atoms with Crippen molar-refractivity contribution in [3.8, 4) is 44.5 Å². The van der Waals surface area contributed by atoms with E-state index < -0.39 is 11.2 Å². The SMILES string of the molecule is Cc1ccc(-c2c3nc(c(-c4ccc(C)cc4)c4ccc([nH]4)c(-c4cn(C)c(=O)n(C)c4=O)c4nc(c(-c5ccc(C)cc5)c5ccc2[nH]5)C=C4)C=C3)cc1. The second-order valence-corrected chi connectivity index (χ2v) is 14.4. The third kappa shape index (κ3) is 5.88. The van der Waals surface area contributed by atoms with E-state index in [1.54, 1.807) is 13.2 Å². The van der Waals surface area contributed by atoms with Gasteiger partial charge in [-0.3, -0.25) is 9.36 Å². The fourth-order valence-corrected chi connectivity index (χ4v) is 7.54. The van der Waals surface area contributed by atoms with E-state index in [0.717, 1.165) is 82.7 Å². The van der Waals surface area contributed by atoms with Gasteiger partial charge < -0.3 is 14.5 Å². The van der Waals surface area contributed by atoms with Gasteiger partial charge in [0.1, 0.15) is 0 Å². The van der Waals surface area contributed by atoms with Crippen LogP contribution >= 0.6 is 0 Å². The van der Waals surface area contributed by atoms with Crippen LogP contribution in [0, 0.1) is 20.8 Å². The van der Waals surface area contributed by atoms with Gasteiger partial charge in [-0.1, -0.05) is 89.5 Å². The van der Waals surface area contributed by atoms with Crippen LogP contribution in [0.1, 0.15) is 39.5 Å². The summed E-state index contributed by atoms with van der Waals surface area (Å²) in [6, 6.07) is 33.6. The van der Waals surface area contributed by atoms with E-state index in [0.29, 0.717) is 22.3 Å². The minimum Gasteiger partial charge on any atom is -0.354 e. The molecule has 6 heterocycles. The highest BCUT2D eigenvalue weighted by atomic mass is 16.2. The Hall–Kier alpha value is -7.06. The van der Waals surface area contributed by atoms with Crippen LogP contribution in [0.5, 0.6) is 0 Å². The molecule has 2 aliphatic heterocycles. The van der Waals surface area contributed by atoms with Crippen molar-refractivity contribution in [2.45, 2.75) is 20.8 Å². The topological polar surface area (TPSA) is 101 Å². The molecular formula is C47H38N6O2. The van der Waals surface area contributed by atoms with Crippen molar-refractivity contribution < 1.29 is 0 Å². The molecule has 9 rings (SSSR count). The minimum atomic E-state index is -0.408. The number of aryl methyl sites for hydroxylation is 4. The highest BCUT2D eigenvalue weighted by Crippen LogP contribution is 2.38. The number of nitrogens with one attached hydrogen (secondary N) is 2. The molecule has 7 aromatic rings.